The van der Waals surface area contributed by atoms with Crippen molar-refractivity contribution in [3.63, 3.8) is 0 Å². The molecule has 0 aromatic carbocycles. The monoisotopic (exact) mass is 407 g/mol. The smallest absolute Gasteiger partial charge is 0.191 e. The highest BCUT2D eigenvalue weighted by Crippen LogP contribution is 2.34. The van der Waals surface area contributed by atoms with Gasteiger partial charge in [0.2, 0.25) is 0 Å². The van der Waals surface area contributed by atoms with Crippen molar-refractivity contribution in [2.75, 3.05) is 13.6 Å². The second-order valence-corrected chi connectivity index (χ2v) is 6.38. The van der Waals surface area contributed by atoms with Gasteiger partial charge >= 0.3 is 0 Å². The molecule has 1 heterocycles. The van der Waals surface area contributed by atoms with Crippen LogP contribution in [0.15, 0.2) is 22.5 Å². The number of nitrogens with zero attached hydrogens (tertiary/aromatic N) is 1. The van der Waals surface area contributed by atoms with Gasteiger partial charge in [-0.25, -0.2) is 0 Å². The van der Waals surface area contributed by atoms with Gasteiger partial charge in [0.15, 0.2) is 5.96 Å². The van der Waals surface area contributed by atoms with Gasteiger partial charge in [0.1, 0.15) is 0 Å². The van der Waals surface area contributed by atoms with Crippen molar-refractivity contribution in [3.8, 4) is 0 Å². The molecule has 2 N–H and O–H groups in total. The molecule has 1 aromatic heterocycles. The standard InChI is InChI=1S/C15H25N3S.HI/c1-4-6-12-9-13(12)18-15(16-3)17-10-11(2)14-7-5-8-19-14;/h5,7-8,11-13H,4,6,9-10H2,1-3H3,(H2,16,17,18);1H. The zero-order valence-corrected chi connectivity index (χ0v) is 15.7. The molecule has 3 nitrogen and oxygen atoms in total. The normalized spacial score (nSPS) is 22.9. The average molecular weight is 407 g/mol. The maximum absolute atomic E-state index is 4.31. The molecular weight excluding hydrogens is 381 g/mol. The number of nitrogens with one attached hydrogen (secondary N) is 2. The lowest BCUT2D eigenvalue weighted by atomic mass is 10.1. The van der Waals surface area contributed by atoms with Crippen LogP contribution in [0.3, 0.4) is 0 Å². The third-order valence-corrected chi connectivity index (χ3v) is 4.84. The van der Waals surface area contributed by atoms with Crippen molar-refractivity contribution in [3.05, 3.63) is 22.4 Å². The van der Waals surface area contributed by atoms with E-state index in [4.69, 9.17) is 0 Å². The fourth-order valence-corrected chi connectivity index (χ4v) is 3.19. The summed E-state index contributed by atoms with van der Waals surface area (Å²) >= 11 is 1.82. The van der Waals surface area contributed by atoms with Crippen LogP contribution >= 0.6 is 35.3 Å². The van der Waals surface area contributed by atoms with E-state index in [2.05, 4.69) is 47.0 Å². The molecule has 0 radical (unpaired) electrons. The Morgan fingerprint density at radius 1 is 1.55 bits per heavy atom. The quantitative estimate of drug-likeness (QED) is 0.427. The topological polar surface area (TPSA) is 36.4 Å². The van der Waals surface area contributed by atoms with Crippen LogP contribution in [0.2, 0.25) is 0 Å². The summed E-state index contributed by atoms with van der Waals surface area (Å²) in [5, 5.41) is 9.09. The van der Waals surface area contributed by atoms with Gasteiger partial charge < -0.3 is 10.6 Å². The summed E-state index contributed by atoms with van der Waals surface area (Å²) in [5.41, 5.74) is 0. The highest BCUT2D eigenvalue weighted by Gasteiger charge is 2.36. The number of hydrogen-bond acceptors (Lipinski definition) is 2. The number of aliphatic imine (C=N–C) groups is 1. The number of guanidine groups is 1. The predicted molar refractivity (Wildman–Crippen MR) is 99.4 cm³/mol. The molecule has 0 amide bonds. The first-order valence-corrected chi connectivity index (χ1v) is 8.13. The van der Waals surface area contributed by atoms with Crippen LogP contribution in [0.5, 0.6) is 0 Å². The van der Waals surface area contributed by atoms with E-state index in [0.717, 1.165) is 18.4 Å². The Morgan fingerprint density at radius 3 is 2.95 bits per heavy atom. The van der Waals surface area contributed by atoms with Crippen LogP contribution in [0.4, 0.5) is 0 Å². The van der Waals surface area contributed by atoms with Crippen molar-refractivity contribution in [1.29, 1.82) is 0 Å². The molecule has 3 atom stereocenters. The van der Waals surface area contributed by atoms with Gasteiger partial charge in [-0.3, -0.25) is 4.99 Å². The second kappa shape index (κ2) is 8.87. The molecule has 1 aliphatic rings. The predicted octanol–water partition coefficient (Wildman–Crippen LogP) is 3.82. The van der Waals surface area contributed by atoms with Crippen molar-refractivity contribution < 1.29 is 0 Å². The highest BCUT2D eigenvalue weighted by molar-refractivity contribution is 14.0. The molecule has 1 aliphatic carbocycles. The lowest BCUT2D eigenvalue weighted by Gasteiger charge is -2.15. The van der Waals surface area contributed by atoms with Crippen molar-refractivity contribution in [1.82, 2.24) is 10.6 Å². The molecule has 1 fully saturated rings. The summed E-state index contributed by atoms with van der Waals surface area (Å²) in [7, 11) is 1.85. The van der Waals surface area contributed by atoms with Crippen LogP contribution in [-0.4, -0.2) is 25.6 Å². The minimum atomic E-state index is 0. The van der Waals surface area contributed by atoms with Gasteiger partial charge in [-0.2, -0.15) is 0 Å². The van der Waals surface area contributed by atoms with Crippen molar-refractivity contribution in [2.24, 2.45) is 10.9 Å². The van der Waals surface area contributed by atoms with E-state index in [-0.39, 0.29) is 24.0 Å². The largest absolute Gasteiger partial charge is 0.356 e. The molecule has 5 heteroatoms. The third kappa shape index (κ3) is 5.24. The van der Waals surface area contributed by atoms with E-state index in [1.807, 2.05) is 18.4 Å². The SMILES string of the molecule is CCCC1CC1NC(=NC)NCC(C)c1cccs1.I. The van der Waals surface area contributed by atoms with E-state index < -0.39 is 0 Å². The Balaban J connectivity index is 0.00000200. The van der Waals surface area contributed by atoms with Crippen LogP contribution in [0.25, 0.3) is 0 Å². The number of hydrogen-bond donors (Lipinski definition) is 2. The average Bonchev–Trinajstić information content (AvgIpc) is 2.94. The van der Waals surface area contributed by atoms with E-state index in [1.54, 1.807) is 0 Å². The molecule has 2 rings (SSSR count). The van der Waals surface area contributed by atoms with Crippen molar-refractivity contribution >= 4 is 41.3 Å². The minimum absolute atomic E-state index is 0. The Morgan fingerprint density at radius 2 is 2.35 bits per heavy atom. The third-order valence-electron chi connectivity index (χ3n) is 3.73. The van der Waals surface area contributed by atoms with Crippen LogP contribution < -0.4 is 10.6 Å². The Hall–Kier alpha value is -0.300. The van der Waals surface area contributed by atoms with Crippen molar-refractivity contribution in [2.45, 2.75) is 45.1 Å². The maximum atomic E-state index is 4.31. The molecule has 0 spiro atoms. The van der Waals surface area contributed by atoms with Crippen LogP contribution in [0.1, 0.15) is 43.9 Å². The van der Waals surface area contributed by atoms with Gasteiger partial charge in [0, 0.05) is 30.4 Å². The summed E-state index contributed by atoms with van der Waals surface area (Å²) < 4.78 is 0. The molecule has 20 heavy (non-hydrogen) atoms. The van der Waals surface area contributed by atoms with Crippen LogP contribution in [0, 0.1) is 5.92 Å². The molecule has 114 valence electrons. The van der Waals surface area contributed by atoms with Gasteiger partial charge in [0.05, 0.1) is 0 Å². The summed E-state index contributed by atoms with van der Waals surface area (Å²) in [4.78, 5) is 5.74. The Labute approximate surface area is 143 Å². The second-order valence-electron chi connectivity index (χ2n) is 5.40. The van der Waals surface area contributed by atoms with Gasteiger partial charge in [-0.1, -0.05) is 26.3 Å². The van der Waals surface area contributed by atoms with E-state index in [9.17, 15) is 0 Å². The fraction of sp³-hybridized carbons (Fsp3) is 0.667. The first-order valence-electron chi connectivity index (χ1n) is 7.25. The fourth-order valence-electron chi connectivity index (χ4n) is 2.41. The summed E-state index contributed by atoms with van der Waals surface area (Å²) in [6.07, 6.45) is 3.92. The zero-order valence-electron chi connectivity index (χ0n) is 12.6. The molecule has 0 aliphatic heterocycles. The number of rotatable bonds is 6. The summed E-state index contributed by atoms with van der Waals surface area (Å²) in [5.74, 6) is 2.34. The lowest BCUT2D eigenvalue weighted by Crippen LogP contribution is -2.40. The molecule has 1 aromatic rings. The summed E-state index contributed by atoms with van der Waals surface area (Å²) in [6.45, 7) is 5.44. The molecule has 3 unspecified atom stereocenters. The minimum Gasteiger partial charge on any atom is -0.356 e. The first kappa shape index (κ1) is 17.8. The van der Waals surface area contributed by atoms with E-state index >= 15 is 0 Å². The van der Waals surface area contributed by atoms with Gasteiger partial charge in [-0.05, 0) is 30.2 Å². The van der Waals surface area contributed by atoms with Crippen LogP contribution in [-0.2, 0) is 0 Å². The lowest BCUT2D eigenvalue weighted by molar-refractivity contribution is 0.648. The molecule has 1 saturated carbocycles. The molecule has 0 bridgehead atoms. The van der Waals surface area contributed by atoms with E-state index in [1.165, 1.54) is 24.1 Å². The highest BCUT2D eigenvalue weighted by atomic mass is 127. The van der Waals surface area contributed by atoms with E-state index in [0.29, 0.717) is 12.0 Å². The Bertz CT molecular complexity index is 405. The summed E-state index contributed by atoms with van der Waals surface area (Å²) in [6, 6.07) is 4.96. The maximum Gasteiger partial charge on any atom is 0.191 e. The number of thiophene rings is 1. The number of halogens is 1. The van der Waals surface area contributed by atoms with Gasteiger partial charge in [-0.15, -0.1) is 35.3 Å². The zero-order chi connectivity index (χ0) is 13.7. The Kier molecular flexibility index (Phi) is 7.87. The molecular formula is C15H26IN3S. The van der Waals surface area contributed by atoms with Gasteiger partial charge in [0.25, 0.3) is 0 Å². The first-order chi connectivity index (χ1) is 9.24. The molecule has 0 saturated heterocycles.